The number of rotatable bonds is 6. The van der Waals surface area contributed by atoms with Gasteiger partial charge in [0.15, 0.2) is 0 Å². The van der Waals surface area contributed by atoms with Crippen LogP contribution < -0.4 is 5.32 Å². The molecule has 29 heavy (non-hydrogen) atoms. The molecule has 142 valence electrons. The van der Waals surface area contributed by atoms with Gasteiger partial charge >= 0.3 is 0 Å². The number of pyridine rings is 1. The largest absolute Gasteiger partial charge is 0.346 e. The number of nitrogens with zero attached hydrogens (tertiary/aromatic N) is 2. The molecule has 0 bridgehead atoms. The fourth-order valence-corrected chi connectivity index (χ4v) is 3.67. The van der Waals surface area contributed by atoms with Gasteiger partial charge in [-0.15, -0.1) is 11.3 Å². The summed E-state index contributed by atoms with van der Waals surface area (Å²) in [5.74, 6) is -0.132. The Labute approximate surface area is 173 Å². The Morgan fingerprint density at radius 3 is 2.38 bits per heavy atom. The number of aromatic nitrogens is 2. The predicted octanol–water partition coefficient (Wildman–Crippen LogP) is 5.06. The molecule has 1 amide bonds. The van der Waals surface area contributed by atoms with Crippen LogP contribution in [0.3, 0.4) is 0 Å². The molecule has 0 fully saturated rings. The third-order valence-electron chi connectivity index (χ3n) is 4.31. The topological polar surface area (TPSA) is 54.9 Å². The molecule has 2 aromatic carbocycles. The summed E-state index contributed by atoms with van der Waals surface area (Å²) < 4.78 is 0. The molecule has 1 N–H and O–H groups in total. The maximum Gasteiger partial charge on any atom is 0.252 e. The second-order valence-corrected chi connectivity index (χ2v) is 7.23. The van der Waals surface area contributed by atoms with E-state index in [-0.39, 0.29) is 5.91 Å². The molecule has 0 aliphatic rings. The van der Waals surface area contributed by atoms with E-state index in [0.717, 1.165) is 27.5 Å². The van der Waals surface area contributed by atoms with Crippen LogP contribution >= 0.6 is 11.3 Å². The standard InChI is InChI=1S/C24H19N3OS/c28-23(26-16-20-17-29-24(27-20)22-13-7-8-14-25-22)21(19-11-5-2-6-12-19)15-18-9-3-1-4-10-18/h1-15,17H,16H2,(H,26,28)/b21-15-. The van der Waals surface area contributed by atoms with E-state index in [1.54, 1.807) is 6.20 Å². The van der Waals surface area contributed by atoms with Crippen LogP contribution in [0, 0.1) is 0 Å². The van der Waals surface area contributed by atoms with Gasteiger partial charge in [-0.1, -0.05) is 66.7 Å². The van der Waals surface area contributed by atoms with Crippen molar-refractivity contribution < 1.29 is 4.79 Å². The van der Waals surface area contributed by atoms with Crippen LogP contribution in [0.1, 0.15) is 16.8 Å². The van der Waals surface area contributed by atoms with Crippen LogP contribution in [0.25, 0.3) is 22.4 Å². The van der Waals surface area contributed by atoms with E-state index in [0.29, 0.717) is 12.1 Å². The highest BCUT2D eigenvalue weighted by Crippen LogP contribution is 2.22. The zero-order valence-corrected chi connectivity index (χ0v) is 16.5. The first kappa shape index (κ1) is 18.8. The average molecular weight is 398 g/mol. The van der Waals surface area contributed by atoms with Crippen molar-refractivity contribution >= 4 is 28.9 Å². The molecule has 4 rings (SSSR count). The van der Waals surface area contributed by atoms with E-state index in [9.17, 15) is 4.79 Å². The first-order chi connectivity index (χ1) is 14.3. The van der Waals surface area contributed by atoms with Gasteiger partial charge in [-0.25, -0.2) is 4.98 Å². The Bertz CT molecular complexity index is 1110. The van der Waals surface area contributed by atoms with Crippen molar-refractivity contribution in [3.8, 4) is 10.7 Å². The molecule has 0 atom stereocenters. The second kappa shape index (κ2) is 9.08. The summed E-state index contributed by atoms with van der Waals surface area (Å²) in [6.45, 7) is 0.362. The van der Waals surface area contributed by atoms with Crippen molar-refractivity contribution in [2.75, 3.05) is 0 Å². The molecular weight excluding hydrogens is 378 g/mol. The van der Waals surface area contributed by atoms with Gasteiger partial charge in [-0.2, -0.15) is 0 Å². The summed E-state index contributed by atoms with van der Waals surface area (Å²) in [5, 5.41) is 5.80. The van der Waals surface area contributed by atoms with E-state index in [1.807, 2.05) is 90.3 Å². The van der Waals surface area contributed by atoms with Gasteiger partial charge in [0.25, 0.3) is 5.91 Å². The molecule has 0 aliphatic heterocycles. The minimum absolute atomic E-state index is 0.132. The van der Waals surface area contributed by atoms with E-state index in [1.165, 1.54) is 11.3 Å². The number of carbonyl (C=O) groups excluding carboxylic acids is 1. The lowest BCUT2D eigenvalue weighted by Gasteiger charge is -2.09. The Morgan fingerprint density at radius 2 is 1.66 bits per heavy atom. The molecule has 4 nitrogen and oxygen atoms in total. The van der Waals surface area contributed by atoms with E-state index in [2.05, 4.69) is 15.3 Å². The number of thiazole rings is 1. The second-order valence-electron chi connectivity index (χ2n) is 6.38. The minimum Gasteiger partial charge on any atom is -0.346 e. The summed E-state index contributed by atoms with van der Waals surface area (Å²) in [6.07, 6.45) is 3.66. The van der Waals surface area contributed by atoms with Crippen molar-refractivity contribution in [1.82, 2.24) is 15.3 Å². The van der Waals surface area contributed by atoms with Gasteiger partial charge in [0, 0.05) is 17.2 Å². The molecule has 5 heteroatoms. The molecule has 0 unspecified atom stereocenters. The fourth-order valence-electron chi connectivity index (χ4n) is 2.87. The Kier molecular flexibility index (Phi) is 5.88. The molecule has 0 aliphatic carbocycles. The lowest BCUT2D eigenvalue weighted by molar-refractivity contribution is -0.115. The minimum atomic E-state index is -0.132. The third-order valence-corrected chi connectivity index (χ3v) is 5.22. The molecule has 4 aromatic rings. The van der Waals surface area contributed by atoms with Gasteiger partial charge < -0.3 is 5.32 Å². The van der Waals surface area contributed by atoms with Crippen molar-refractivity contribution in [3.05, 3.63) is 107 Å². The highest BCUT2D eigenvalue weighted by molar-refractivity contribution is 7.13. The highest BCUT2D eigenvalue weighted by atomic mass is 32.1. The van der Waals surface area contributed by atoms with Crippen LogP contribution in [0.5, 0.6) is 0 Å². The number of hydrogen-bond acceptors (Lipinski definition) is 4. The molecule has 2 heterocycles. The van der Waals surface area contributed by atoms with E-state index >= 15 is 0 Å². The molecule has 0 spiro atoms. The van der Waals surface area contributed by atoms with Gasteiger partial charge in [0.05, 0.1) is 17.9 Å². The molecule has 0 radical (unpaired) electrons. The molecule has 2 aromatic heterocycles. The first-order valence-corrected chi connectivity index (χ1v) is 10.1. The molecule has 0 saturated heterocycles. The van der Waals surface area contributed by atoms with Gasteiger partial charge in [-0.05, 0) is 29.3 Å². The van der Waals surface area contributed by atoms with Gasteiger partial charge in [0.1, 0.15) is 5.01 Å². The third kappa shape index (κ3) is 4.83. The monoisotopic (exact) mass is 397 g/mol. The number of nitrogens with one attached hydrogen (secondary N) is 1. The highest BCUT2D eigenvalue weighted by Gasteiger charge is 2.13. The Morgan fingerprint density at radius 1 is 0.931 bits per heavy atom. The van der Waals surface area contributed by atoms with Crippen molar-refractivity contribution in [3.63, 3.8) is 0 Å². The number of amides is 1. The molecule has 0 saturated carbocycles. The quantitative estimate of drug-likeness (QED) is 0.365. The van der Waals surface area contributed by atoms with Crippen molar-refractivity contribution in [2.24, 2.45) is 0 Å². The lowest BCUT2D eigenvalue weighted by Crippen LogP contribution is -2.24. The summed E-state index contributed by atoms with van der Waals surface area (Å²) in [5.41, 5.74) is 4.13. The lowest BCUT2D eigenvalue weighted by atomic mass is 10.0. The smallest absolute Gasteiger partial charge is 0.252 e. The maximum atomic E-state index is 13.0. The van der Waals surface area contributed by atoms with E-state index < -0.39 is 0 Å². The van der Waals surface area contributed by atoms with Gasteiger partial charge in [0.2, 0.25) is 0 Å². The normalized spacial score (nSPS) is 11.2. The van der Waals surface area contributed by atoms with Crippen molar-refractivity contribution in [1.29, 1.82) is 0 Å². The first-order valence-electron chi connectivity index (χ1n) is 9.26. The van der Waals surface area contributed by atoms with Gasteiger partial charge in [-0.3, -0.25) is 9.78 Å². The zero-order valence-electron chi connectivity index (χ0n) is 15.7. The predicted molar refractivity (Wildman–Crippen MR) is 118 cm³/mol. The SMILES string of the molecule is O=C(NCc1csc(-c2ccccn2)n1)/C(=C\c1ccccc1)c1ccccc1. The summed E-state index contributed by atoms with van der Waals surface area (Å²) in [6, 6.07) is 25.3. The Balaban J connectivity index is 1.52. The summed E-state index contributed by atoms with van der Waals surface area (Å²) >= 11 is 1.52. The maximum absolute atomic E-state index is 13.0. The van der Waals surface area contributed by atoms with Crippen LogP contribution in [0.4, 0.5) is 0 Å². The Hall–Kier alpha value is -3.57. The van der Waals surface area contributed by atoms with Crippen LogP contribution in [0.15, 0.2) is 90.4 Å². The fraction of sp³-hybridized carbons (Fsp3) is 0.0417. The van der Waals surface area contributed by atoms with Crippen LogP contribution in [0.2, 0.25) is 0 Å². The molecular formula is C24H19N3OS. The average Bonchev–Trinajstić information content (AvgIpc) is 3.27. The number of benzene rings is 2. The summed E-state index contributed by atoms with van der Waals surface area (Å²) in [4.78, 5) is 21.9. The van der Waals surface area contributed by atoms with E-state index in [4.69, 9.17) is 0 Å². The van der Waals surface area contributed by atoms with Crippen molar-refractivity contribution in [2.45, 2.75) is 6.54 Å². The van der Waals surface area contributed by atoms with Crippen LogP contribution in [-0.4, -0.2) is 15.9 Å². The van der Waals surface area contributed by atoms with Crippen LogP contribution in [-0.2, 0) is 11.3 Å². The summed E-state index contributed by atoms with van der Waals surface area (Å²) in [7, 11) is 0. The number of hydrogen-bond donors (Lipinski definition) is 1. The zero-order chi connectivity index (χ0) is 19.9. The number of carbonyl (C=O) groups is 1.